The van der Waals surface area contributed by atoms with Crippen LogP contribution < -0.4 is 11.1 Å². The van der Waals surface area contributed by atoms with Gasteiger partial charge < -0.3 is 16.0 Å². The minimum Gasteiger partial charge on any atom is -0.382 e. The van der Waals surface area contributed by atoms with E-state index in [1.54, 1.807) is 6.20 Å². The minimum absolute atomic E-state index is 0.580. The molecule has 0 radical (unpaired) electrons. The molecule has 4 nitrogen and oxygen atoms in total. The molecular weight excluding hydrogens is 212 g/mol. The summed E-state index contributed by atoms with van der Waals surface area (Å²) in [5.41, 5.74) is 6.71. The van der Waals surface area contributed by atoms with Crippen LogP contribution in [0.3, 0.4) is 0 Å². The molecule has 0 unspecified atom stereocenters. The summed E-state index contributed by atoms with van der Waals surface area (Å²) in [7, 11) is 2.21. The van der Waals surface area contributed by atoms with E-state index in [9.17, 15) is 0 Å². The van der Waals surface area contributed by atoms with E-state index in [0.717, 1.165) is 24.8 Å². The van der Waals surface area contributed by atoms with Crippen LogP contribution in [-0.4, -0.2) is 36.1 Å². The van der Waals surface area contributed by atoms with E-state index >= 15 is 0 Å². The topological polar surface area (TPSA) is 54.2 Å². The number of hydrogen-bond acceptors (Lipinski definition) is 4. The number of hydrogen-bond donors (Lipinski definition) is 2. The maximum Gasteiger partial charge on any atom is 0.146 e. The van der Waals surface area contributed by atoms with E-state index in [2.05, 4.69) is 22.2 Å². The van der Waals surface area contributed by atoms with Crippen LogP contribution in [0.15, 0.2) is 18.3 Å². The molecule has 0 atom stereocenters. The quantitative estimate of drug-likeness (QED) is 0.817. The molecule has 94 valence electrons. The predicted octanol–water partition coefficient (Wildman–Crippen LogP) is 1.95. The zero-order chi connectivity index (χ0) is 12.1. The van der Waals surface area contributed by atoms with Gasteiger partial charge in [0.15, 0.2) is 0 Å². The van der Waals surface area contributed by atoms with Gasteiger partial charge in [0.25, 0.3) is 0 Å². The SMILES string of the molecule is CN(CCNc1cccnc1N)C1CCCC1. The molecule has 0 aliphatic heterocycles. The second kappa shape index (κ2) is 5.87. The first-order valence-corrected chi connectivity index (χ1v) is 6.42. The number of nitrogen functional groups attached to an aromatic ring is 1. The van der Waals surface area contributed by atoms with Gasteiger partial charge in [0.1, 0.15) is 5.82 Å². The number of nitrogens with two attached hydrogens (primary N) is 1. The van der Waals surface area contributed by atoms with Crippen molar-refractivity contribution in [3.63, 3.8) is 0 Å². The van der Waals surface area contributed by atoms with E-state index in [4.69, 9.17) is 5.73 Å². The first-order valence-electron chi connectivity index (χ1n) is 6.42. The molecule has 0 saturated heterocycles. The molecule has 1 aromatic rings. The second-order valence-corrected chi connectivity index (χ2v) is 4.78. The van der Waals surface area contributed by atoms with Gasteiger partial charge in [-0.3, -0.25) is 0 Å². The first kappa shape index (κ1) is 12.2. The van der Waals surface area contributed by atoms with E-state index < -0.39 is 0 Å². The smallest absolute Gasteiger partial charge is 0.146 e. The van der Waals surface area contributed by atoms with Gasteiger partial charge >= 0.3 is 0 Å². The third kappa shape index (κ3) is 3.33. The normalized spacial score (nSPS) is 16.6. The van der Waals surface area contributed by atoms with Crippen LogP contribution in [0, 0.1) is 0 Å². The Morgan fingerprint density at radius 2 is 2.24 bits per heavy atom. The number of pyridine rings is 1. The number of anilines is 2. The summed E-state index contributed by atoms with van der Waals surface area (Å²) < 4.78 is 0. The fourth-order valence-corrected chi connectivity index (χ4v) is 2.46. The second-order valence-electron chi connectivity index (χ2n) is 4.78. The van der Waals surface area contributed by atoms with Crippen molar-refractivity contribution in [1.29, 1.82) is 0 Å². The summed E-state index contributed by atoms with van der Waals surface area (Å²) in [6.07, 6.45) is 7.19. The Balaban J connectivity index is 1.74. The van der Waals surface area contributed by atoms with Crippen LogP contribution in [0.4, 0.5) is 11.5 Å². The van der Waals surface area contributed by atoms with E-state index in [1.807, 2.05) is 12.1 Å². The van der Waals surface area contributed by atoms with Crippen molar-refractivity contribution >= 4 is 11.5 Å². The Labute approximate surface area is 103 Å². The van der Waals surface area contributed by atoms with Crippen LogP contribution in [0.1, 0.15) is 25.7 Å². The Kier molecular flexibility index (Phi) is 4.20. The molecule has 1 fully saturated rings. The summed E-state index contributed by atoms with van der Waals surface area (Å²) in [6, 6.07) is 4.65. The molecule has 1 aromatic heterocycles. The summed E-state index contributed by atoms with van der Waals surface area (Å²) in [5.74, 6) is 0.580. The van der Waals surface area contributed by atoms with Crippen LogP contribution >= 0.6 is 0 Å². The van der Waals surface area contributed by atoms with Gasteiger partial charge in [0, 0.05) is 25.3 Å². The monoisotopic (exact) mass is 234 g/mol. The Morgan fingerprint density at radius 1 is 1.47 bits per heavy atom. The molecule has 1 aliphatic rings. The highest BCUT2D eigenvalue weighted by atomic mass is 15.1. The standard InChI is InChI=1S/C13H22N4/c1-17(11-5-2-3-6-11)10-9-15-12-7-4-8-16-13(12)14/h4,7-8,11,15H,2-3,5-6,9-10H2,1H3,(H2,14,16). The molecule has 0 amide bonds. The van der Waals surface area contributed by atoms with E-state index in [0.29, 0.717) is 5.82 Å². The minimum atomic E-state index is 0.580. The molecule has 0 bridgehead atoms. The van der Waals surface area contributed by atoms with Crippen LogP contribution in [0.25, 0.3) is 0 Å². The highest BCUT2D eigenvalue weighted by molar-refractivity contribution is 5.60. The molecule has 1 heterocycles. The predicted molar refractivity (Wildman–Crippen MR) is 72.0 cm³/mol. The van der Waals surface area contributed by atoms with Gasteiger partial charge in [-0.1, -0.05) is 12.8 Å². The fraction of sp³-hybridized carbons (Fsp3) is 0.615. The van der Waals surface area contributed by atoms with Crippen molar-refractivity contribution in [2.75, 3.05) is 31.2 Å². The average Bonchev–Trinajstić information content (AvgIpc) is 2.85. The van der Waals surface area contributed by atoms with Gasteiger partial charge in [0.05, 0.1) is 5.69 Å². The Hall–Kier alpha value is -1.29. The lowest BCUT2D eigenvalue weighted by atomic mass is 10.2. The van der Waals surface area contributed by atoms with Crippen LogP contribution in [0.2, 0.25) is 0 Å². The largest absolute Gasteiger partial charge is 0.382 e. The molecular formula is C13H22N4. The lowest BCUT2D eigenvalue weighted by Crippen LogP contribution is -2.33. The maximum atomic E-state index is 5.77. The molecule has 3 N–H and O–H groups in total. The molecule has 0 spiro atoms. The van der Waals surface area contributed by atoms with E-state index in [1.165, 1.54) is 25.7 Å². The highest BCUT2D eigenvalue weighted by Crippen LogP contribution is 2.22. The lowest BCUT2D eigenvalue weighted by molar-refractivity contribution is 0.254. The van der Waals surface area contributed by atoms with Crippen molar-refractivity contribution < 1.29 is 0 Å². The average molecular weight is 234 g/mol. The summed E-state index contributed by atoms with van der Waals surface area (Å²) in [5, 5.41) is 3.34. The zero-order valence-corrected chi connectivity index (χ0v) is 10.5. The van der Waals surface area contributed by atoms with Crippen molar-refractivity contribution in [2.24, 2.45) is 0 Å². The molecule has 0 aromatic carbocycles. The first-order chi connectivity index (χ1) is 8.27. The fourth-order valence-electron chi connectivity index (χ4n) is 2.46. The van der Waals surface area contributed by atoms with Crippen LogP contribution in [-0.2, 0) is 0 Å². The van der Waals surface area contributed by atoms with Crippen molar-refractivity contribution in [2.45, 2.75) is 31.7 Å². The van der Waals surface area contributed by atoms with Gasteiger partial charge in [-0.2, -0.15) is 0 Å². The number of nitrogens with one attached hydrogen (secondary N) is 1. The maximum absolute atomic E-state index is 5.77. The molecule has 17 heavy (non-hydrogen) atoms. The number of nitrogens with zero attached hydrogens (tertiary/aromatic N) is 2. The Morgan fingerprint density at radius 3 is 2.94 bits per heavy atom. The van der Waals surface area contributed by atoms with Crippen molar-refractivity contribution in [3.8, 4) is 0 Å². The molecule has 2 rings (SSSR count). The third-order valence-electron chi connectivity index (χ3n) is 3.57. The molecule has 1 aliphatic carbocycles. The number of aromatic nitrogens is 1. The zero-order valence-electron chi connectivity index (χ0n) is 10.5. The van der Waals surface area contributed by atoms with Gasteiger partial charge in [-0.05, 0) is 32.0 Å². The van der Waals surface area contributed by atoms with Gasteiger partial charge in [-0.25, -0.2) is 4.98 Å². The van der Waals surface area contributed by atoms with Gasteiger partial charge in [-0.15, -0.1) is 0 Å². The molecule has 4 heteroatoms. The number of likely N-dealkylation sites (N-methyl/N-ethyl adjacent to an activating group) is 1. The van der Waals surface area contributed by atoms with Crippen molar-refractivity contribution in [3.05, 3.63) is 18.3 Å². The third-order valence-corrected chi connectivity index (χ3v) is 3.57. The number of rotatable bonds is 5. The summed E-state index contributed by atoms with van der Waals surface area (Å²) in [6.45, 7) is 1.97. The highest BCUT2D eigenvalue weighted by Gasteiger charge is 2.18. The molecule has 1 saturated carbocycles. The summed E-state index contributed by atoms with van der Waals surface area (Å²) >= 11 is 0. The Bertz CT molecular complexity index is 347. The van der Waals surface area contributed by atoms with Gasteiger partial charge in [0.2, 0.25) is 0 Å². The van der Waals surface area contributed by atoms with Crippen molar-refractivity contribution in [1.82, 2.24) is 9.88 Å². The van der Waals surface area contributed by atoms with Crippen LogP contribution in [0.5, 0.6) is 0 Å². The summed E-state index contributed by atoms with van der Waals surface area (Å²) in [4.78, 5) is 6.51. The lowest BCUT2D eigenvalue weighted by Gasteiger charge is -2.24. The van der Waals surface area contributed by atoms with E-state index in [-0.39, 0.29) is 0 Å².